The molecule has 2 aromatic rings. The third kappa shape index (κ3) is 3.17. The summed E-state index contributed by atoms with van der Waals surface area (Å²) in [5.41, 5.74) is 1.07. The van der Waals surface area contributed by atoms with E-state index in [1.165, 1.54) is 0 Å². The van der Waals surface area contributed by atoms with E-state index < -0.39 is 0 Å². The van der Waals surface area contributed by atoms with Crippen molar-refractivity contribution in [1.29, 1.82) is 0 Å². The van der Waals surface area contributed by atoms with Crippen molar-refractivity contribution in [1.82, 2.24) is 9.97 Å². The van der Waals surface area contributed by atoms with E-state index in [2.05, 4.69) is 9.97 Å². The minimum Gasteiger partial charge on any atom is -0.497 e. The van der Waals surface area contributed by atoms with Crippen LogP contribution in [0.4, 0.5) is 0 Å². The zero-order valence-corrected chi connectivity index (χ0v) is 9.88. The molecule has 2 rings (SSSR count). The van der Waals surface area contributed by atoms with Crippen LogP contribution < -0.4 is 9.47 Å². The smallest absolute Gasteiger partial charge is 0.216 e. The number of aromatic nitrogens is 2. The molecule has 1 aromatic carbocycles. The van der Waals surface area contributed by atoms with Crippen molar-refractivity contribution in [3.8, 4) is 11.6 Å². The van der Waals surface area contributed by atoms with Gasteiger partial charge < -0.3 is 9.47 Å². The standard InChI is InChI=1S/C13H14N2O2/c1-10-14-8-7-13(15-10)17-9-11-3-5-12(16-2)6-4-11/h3-8H,9H2,1-2H3. The molecule has 0 saturated heterocycles. The molecule has 0 atom stereocenters. The van der Waals surface area contributed by atoms with Crippen LogP contribution in [0.25, 0.3) is 0 Å². The van der Waals surface area contributed by atoms with Crippen molar-refractivity contribution in [3.63, 3.8) is 0 Å². The Morgan fingerprint density at radius 2 is 1.88 bits per heavy atom. The van der Waals surface area contributed by atoms with E-state index in [1.54, 1.807) is 19.4 Å². The molecule has 0 bridgehead atoms. The summed E-state index contributed by atoms with van der Waals surface area (Å²) in [6.45, 7) is 2.32. The largest absolute Gasteiger partial charge is 0.497 e. The van der Waals surface area contributed by atoms with Crippen molar-refractivity contribution in [2.45, 2.75) is 13.5 Å². The van der Waals surface area contributed by atoms with Crippen LogP contribution >= 0.6 is 0 Å². The number of benzene rings is 1. The summed E-state index contributed by atoms with van der Waals surface area (Å²) in [7, 11) is 1.65. The van der Waals surface area contributed by atoms with Crippen molar-refractivity contribution < 1.29 is 9.47 Å². The highest BCUT2D eigenvalue weighted by Gasteiger charge is 1.98. The van der Waals surface area contributed by atoms with E-state index >= 15 is 0 Å². The van der Waals surface area contributed by atoms with Gasteiger partial charge in [0.15, 0.2) is 0 Å². The van der Waals surface area contributed by atoms with Gasteiger partial charge in [-0.05, 0) is 24.6 Å². The highest BCUT2D eigenvalue weighted by Crippen LogP contribution is 2.13. The fourth-order valence-electron chi connectivity index (χ4n) is 1.39. The molecule has 4 heteroatoms. The Labute approximate surface area is 100 Å². The van der Waals surface area contributed by atoms with Gasteiger partial charge in [-0.25, -0.2) is 4.98 Å². The van der Waals surface area contributed by atoms with Crippen LogP contribution in [0.3, 0.4) is 0 Å². The molecule has 0 amide bonds. The third-order valence-electron chi connectivity index (χ3n) is 2.30. The maximum absolute atomic E-state index is 5.55. The van der Waals surface area contributed by atoms with Gasteiger partial charge in [0.05, 0.1) is 7.11 Å². The van der Waals surface area contributed by atoms with Crippen LogP contribution in [0.15, 0.2) is 36.5 Å². The Morgan fingerprint density at radius 1 is 1.12 bits per heavy atom. The van der Waals surface area contributed by atoms with Gasteiger partial charge in [0, 0.05) is 12.3 Å². The molecule has 0 unspecified atom stereocenters. The summed E-state index contributed by atoms with van der Waals surface area (Å²) >= 11 is 0. The number of rotatable bonds is 4. The molecule has 4 nitrogen and oxygen atoms in total. The number of ether oxygens (including phenoxy) is 2. The van der Waals surface area contributed by atoms with Gasteiger partial charge in [0.2, 0.25) is 5.88 Å². The minimum atomic E-state index is 0.487. The third-order valence-corrected chi connectivity index (χ3v) is 2.30. The van der Waals surface area contributed by atoms with Crippen LogP contribution in [0.2, 0.25) is 0 Å². The Balaban J connectivity index is 1.97. The number of hydrogen-bond acceptors (Lipinski definition) is 4. The fourth-order valence-corrected chi connectivity index (χ4v) is 1.39. The average molecular weight is 230 g/mol. The molecular weight excluding hydrogens is 216 g/mol. The average Bonchev–Trinajstić information content (AvgIpc) is 2.37. The van der Waals surface area contributed by atoms with Gasteiger partial charge >= 0.3 is 0 Å². The highest BCUT2D eigenvalue weighted by molar-refractivity contribution is 5.27. The molecule has 0 N–H and O–H groups in total. The van der Waals surface area contributed by atoms with Crippen molar-refractivity contribution in [2.75, 3.05) is 7.11 Å². The van der Waals surface area contributed by atoms with E-state index in [-0.39, 0.29) is 0 Å². The Morgan fingerprint density at radius 3 is 2.53 bits per heavy atom. The molecule has 17 heavy (non-hydrogen) atoms. The first kappa shape index (κ1) is 11.4. The van der Waals surface area contributed by atoms with E-state index in [0.29, 0.717) is 18.3 Å². The van der Waals surface area contributed by atoms with E-state index in [0.717, 1.165) is 11.3 Å². The SMILES string of the molecule is COc1ccc(COc2ccnc(C)n2)cc1. The zero-order valence-electron chi connectivity index (χ0n) is 9.88. The maximum atomic E-state index is 5.55. The van der Waals surface area contributed by atoms with Crippen molar-refractivity contribution in [2.24, 2.45) is 0 Å². The molecule has 0 aliphatic carbocycles. The van der Waals surface area contributed by atoms with Crippen LogP contribution in [0.1, 0.15) is 11.4 Å². The fraction of sp³-hybridized carbons (Fsp3) is 0.231. The first-order valence-corrected chi connectivity index (χ1v) is 5.33. The van der Waals surface area contributed by atoms with E-state index in [4.69, 9.17) is 9.47 Å². The number of hydrogen-bond donors (Lipinski definition) is 0. The lowest BCUT2D eigenvalue weighted by molar-refractivity contribution is 0.292. The summed E-state index contributed by atoms with van der Waals surface area (Å²) in [5.74, 6) is 2.14. The normalized spacial score (nSPS) is 10.0. The number of nitrogens with zero attached hydrogens (tertiary/aromatic N) is 2. The number of methoxy groups -OCH3 is 1. The van der Waals surface area contributed by atoms with E-state index in [9.17, 15) is 0 Å². The number of aryl methyl sites for hydroxylation is 1. The van der Waals surface area contributed by atoms with Crippen LogP contribution in [0.5, 0.6) is 11.6 Å². The second-order valence-electron chi connectivity index (χ2n) is 3.58. The predicted molar refractivity (Wildman–Crippen MR) is 64.1 cm³/mol. The van der Waals surface area contributed by atoms with Crippen LogP contribution in [-0.4, -0.2) is 17.1 Å². The van der Waals surface area contributed by atoms with Crippen molar-refractivity contribution >= 4 is 0 Å². The molecule has 0 aliphatic heterocycles. The van der Waals surface area contributed by atoms with Gasteiger partial charge in [-0.15, -0.1) is 0 Å². The molecule has 0 aliphatic rings. The van der Waals surface area contributed by atoms with Crippen LogP contribution in [0, 0.1) is 6.92 Å². The monoisotopic (exact) mass is 230 g/mol. The van der Waals surface area contributed by atoms with Crippen LogP contribution in [-0.2, 0) is 6.61 Å². The molecule has 88 valence electrons. The lowest BCUT2D eigenvalue weighted by Crippen LogP contribution is -1.98. The lowest BCUT2D eigenvalue weighted by atomic mass is 10.2. The minimum absolute atomic E-state index is 0.487. The lowest BCUT2D eigenvalue weighted by Gasteiger charge is -2.06. The first-order chi connectivity index (χ1) is 8.28. The van der Waals surface area contributed by atoms with E-state index in [1.807, 2.05) is 31.2 Å². The molecule has 1 aromatic heterocycles. The summed E-state index contributed by atoms with van der Waals surface area (Å²) in [5, 5.41) is 0. The topological polar surface area (TPSA) is 44.2 Å². The zero-order chi connectivity index (χ0) is 12.1. The summed E-state index contributed by atoms with van der Waals surface area (Å²) in [6, 6.07) is 9.49. The molecule has 1 heterocycles. The van der Waals surface area contributed by atoms with Gasteiger partial charge in [-0.2, -0.15) is 4.98 Å². The maximum Gasteiger partial charge on any atom is 0.216 e. The summed E-state index contributed by atoms with van der Waals surface area (Å²) < 4.78 is 10.6. The highest BCUT2D eigenvalue weighted by atomic mass is 16.5. The Kier molecular flexibility index (Phi) is 3.55. The van der Waals surface area contributed by atoms with Gasteiger partial charge in [0.25, 0.3) is 0 Å². The quantitative estimate of drug-likeness (QED) is 0.808. The van der Waals surface area contributed by atoms with Gasteiger partial charge in [-0.1, -0.05) is 12.1 Å². The second kappa shape index (κ2) is 5.30. The Hall–Kier alpha value is -2.10. The van der Waals surface area contributed by atoms with Gasteiger partial charge in [-0.3, -0.25) is 0 Å². The molecule has 0 fully saturated rings. The van der Waals surface area contributed by atoms with Crippen molar-refractivity contribution in [3.05, 3.63) is 47.9 Å². The second-order valence-corrected chi connectivity index (χ2v) is 3.58. The summed E-state index contributed by atoms with van der Waals surface area (Å²) in [4.78, 5) is 8.17. The summed E-state index contributed by atoms with van der Waals surface area (Å²) in [6.07, 6.45) is 1.69. The van der Waals surface area contributed by atoms with Gasteiger partial charge in [0.1, 0.15) is 18.2 Å². The molecule has 0 saturated carbocycles. The molecule has 0 spiro atoms. The Bertz CT molecular complexity index is 483. The molecular formula is C13H14N2O2. The first-order valence-electron chi connectivity index (χ1n) is 5.33. The molecule has 0 radical (unpaired) electrons. The predicted octanol–water partition coefficient (Wildman–Crippen LogP) is 2.37.